The average Bonchev–Trinajstić information content (AvgIpc) is 2.14. The largest absolute Gasteiger partial charge is 0.392 e. The molecule has 0 heterocycles. The summed E-state index contributed by atoms with van der Waals surface area (Å²) in [7, 11) is 0. The topological polar surface area (TPSA) is 49.3 Å². The molecule has 0 aromatic heterocycles. The third-order valence-electron chi connectivity index (χ3n) is 1.73. The van der Waals surface area contributed by atoms with E-state index in [9.17, 15) is 4.79 Å². The fourth-order valence-corrected chi connectivity index (χ4v) is 2.24. The van der Waals surface area contributed by atoms with Crippen molar-refractivity contribution in [1.82, 2.24) is 5.32 Å². The summed E-state index contributed by atoms with van der Waals surface area (Å²) in [5, 5.41) is 11.7. The number of hydrogen-bond donors (Lipinski definition) is 2. The van der Waals surface area contributed by atoms with Crippen LogP contribution in [0.25, 0.3) is 0 Å². The number of aliphatic hydroxyl groups excluding tert-OH is 1. The van der Waals surface area contributed by atoms with E-state index >= 15 is 0 Å². The SMILES string of the molecule is C[C@H](O)CNC(=O)c1ccc(Br)cc1Br. The Bertz CT molecular complexity index is 366. The Hall–Kier alpha value is -0.390. The Morgan fingerprint density at radius 2 is 2.20 bits per heavy atom. The van der Waals surface area contributed by atoms with Crippen LogP contribution >= 0.6 is 31.9 Å². The maximum atomic E-state index is 11.6. The van der Waals surface area contributed by atoms with E-state index in [1.165, 1.54) is 0 Å². The highest BCUT2D eigenvalue weighted by Gasteiger charge is 2.10. The van der Waals surface area contributed by atoms with Gasteiger partial charge in [-0.15, -0.1) is 0 Å². The Balaban J connectivity index is 2.74. The predicted octanol–water partition coefficient (Wildman–Crippen LogP) is 2.32. The molecule has 0 aliphatic rings. The van der Waals surface area contributed by atoms with E-state index in [0.29, 0.717) is 5.56 Å². The zero-order valence-corrected chi connectivity index (χ0v) is 11.3. The number of hydrogen-bond acceptors (Lipinski definition) is 2. The van der Waals surface area contributed by atoms with E-state index in [0.717, 1.165) is 8.95 Å². The maximum Gasteiger partial charge on any atom is 0.252 e. The number of rotatable bonds is 3. The van der Waals surface area contributed by atoms with Gasteiger partial charge in [-0.3, -0.25) is 4.79 Å². The number of carbonyl (C=O) groups excluding carboxylic acids is 1. The van der Waals surface area contributed by atoms with Gasteiger partial charge in [0.25, 0.3) is 5.91 Å². The second-order valence-corrected chi connectivity index (χ2v) is 4.95. The first-order valence-electron chi connectivity index (χ1n) is 4.42. The van der Waals surface area contributed by atoms with Crippen molar-refractivity contribution in [3.63, 3.8) is 0 Å². The van der Waals surface area contributed by atoms with Gasteiger partial charge in [-0.1, -0.05) is 15.9 Å². The van der Waals surface area contributed by atoms with Gasteiger partial charge in [-0.05, 0) is 41.1 Å². The van der Waals surface area contributed by atoms with Crippen LogP contribution in [0.4, 0.5) is 0 Å². The van der Waals surface area contributed by atoms with E-state index in [4.69, 9.17) is 5.11 Å². The van der Waals surface area contributed by atoms with E-state index in [1.54, 1.807) is 25.1 Å². The molecule has 82 valence electrons. The molecule has 1 aromatic carbocycles. The summed E-state index contributed by atoms with van der Waals surface area (Å²) in [6.07, 6.45) is -0.539. The third-order valence-corrected chi connectivity index (χ3v) is 2.88. The molecule has 1 atom stereocenters. The molecule has 0 saturated carbocycles. The number of nitrogens with one attached hydrogen (secondary N) is 1. The van der Waals surface area contributed by atoms with Crippen LogP contribution in [0.1, 0.15) is 17.3 Å². The molecule has 0 fully saturated rings. The lowest BCUT2D eigenvalue weighted by atomic mass is 10.2. The van der Waals surface area contributed by atoms with Crippen molar-refractivity contribution in [3.8, 4) is 0 Å². The summed E-state index contributed by atoms with van der Waals surface area (Å²) < 4.78 is 1.63. The van der Waals surface area contributed by atoms with Gasteiger partial charge in [0.15, 0.2) is 0 Å². The van der Waals surface area contributed by atoms with Crippen molar-refractivity contribution >= 4 is 37.8 Å². The maximum absolute atomic E-state index is 11.6. The van der Waals surface area contributed by atoms with Gasteiger partial charge < -0.3 is 10.4 Å². The third kappa shape index (κ3) is 3.93. The minimum atomic E-state index is -0.539. The average molecular weight is 337 g/mol. The monoisotopic (exact) mass is 335 g/mol. The van der Waals surface area contributed by atoms with Crippen LogP contribution in [-0.4, -0.2) is 23.7 Å². The fraction of sp³-hybridized carbons (Fsp3) is 0.300. The smallest absolute Gasteiger partial charge is 0.252 e. The molecule has 0 unspecified atom stereocenters. The second-order valence-electron chi connectivity index (χ2n) is 3.18. The molecular formula is C10H11Br2NO2. The Kier molecular flexibility index (Phi) is 4.76. The summed E-state index contributed by atoms with van der Waals surface area (Å²) in [6.45, 7) is 1.87. The van der Waals surface area contributed by atoms with Crippen LogP contribution in [0.5, 0.6) is 0 Å². The minimum absolute atomic E-state index is 0.199. The van der Waals surface area contributed by atoms with Crippen LogP contribution in [0.15, 0.2) is 27.1 Å². The number of carbonyl (C=O) groups is 1. The highest BCUT2D eigenvalue weighted by Crippen LogP contribution is 2.21. The summed E-state index contributed by atoms with van der Waals surface area (Å²) in [5.74, 6) is -0.199. The quantitative estimate of drug-likeness (QED) is 0.890. The second kappa shape index (κ2) is 5.63. The molecule has 0 aliphatic heterocycles. The molecule has 1 rings (SSSR count). The summed E-state index contributed by atoms with van der Waals surface area (Å²) in [6, 6.07) is 5.31. The molecule has 1 aromatic rings. The fourth-order valence-electron chi connectivity index (χ4n) is 1.01. The lowest BCUT2D eigenvalue weighted by Gasteiger charge is -2.08. The molecular weight excluding hydrogens is 326 g/mol. The van der Waals surface area contributed by atoms with E-state index < -0.39 is 6.10 Å². The lowest BCUT2D eigenvalue weighted by Crippen LogP contribution is -2.30. The van der Waals surface area contributed by atoms with Crippen LogP contribution < -0.4 is 5.32 Å². The number of amides is 1. The Morgan fingerprint density at radius 1 is 1.53 bits per heavy atom. The molecule has 0 bridgehead atoms. The van der Waals surface area contributed by atoms with Gasteiger partial charge in [-0.25, -0.2) is 0 Å². The molecule has 0 spiro atoms. The van der Waals surface area contributed by atoms with E-state index in [-0.39, 0.29) is 12.5 Å². The zero-order valence-electron chi connectivity index (χ0n) is 8.13. The Labute approximate surface area is 105 Å². The van der Waals surface area contributed by atoms with E-state index in [2.05, 4.69) is 37.2 Å². The van der Waals surface area contributed by atoms with Crippen LogP contribution in [0.3, 0.4) is 0 Å². The molecule has 1 amide bonds. The molecule has 5 heteroatoms. The van der Waals surface area contributed by atoms with Gasteiger partial charge in [-0.2, -0.15) is 0 Å². The first kappa shape index (κ1) is 12.7. The number of benzene rings is 1. The molecule has 15 heavy (non-hydrogen) atoms. The van der Waals surface area contributed by atoms with Crippen LogP contribution in [0, 0.1) is 0 Å². The lowest BCUT2D eigenvalue weighted by molar-refractivity contribution is 0.0923. The van der Waals surface area contributed by atoms with Crippen LogP contribution in [0.2, 0.25) is 0 Å². The van der Waals surface area contributed by atoms with Gasteiger partial charge >= 0.3 is 0 Å². The van der Waals surface area contributed by atoms with Crippen molar-refractivity contribution in [2.75, 3.05) is 6.54 Å². The first-order chi connectivity index (χ1) is 7.00. The van der Waals surface area contributed by atoms with Crippen molar-refractivity contribution in [3.05, 3.63) is 32.7 Å². The van der Waals surface area contributed by atoms with Crippen molar-refractivity contribution in [2.45, 2.75) is 13.0 Å². The molecule has 0 radical (unpaired) electrons. The van der Waals surface area contributed by atoms with Gasteiger partial charge in [0, 0.05) is 15.5 Å². The van der Waals surface area contributed by atoms with Crippen LogP contribution in [-0.2, 0) is 0 Å². The van der Waals surface area contributed by atoms with Gasteiger partial charge in [0.2, 0.25) is 0 Å². The molecule has 3 nitrogen and oxygen atoms in total. The minimum Gasteiger partial charge on any atom is -0.392 e. The van der Waals surface area contributed by atoms with Crippen molar-refractivity contribution in [1.29, 1.82) is 0 Å². The molecule has 2 N–H and O–H groups in total. The van der Waals surface area contributed by atoms with Crippen molar-refractivity contribution in [2.24, 2.45) is 0 Å². The molecule has 0 saturated heterocycles. The van der Waals surface area contributed by atoms with E-state index in [1.807, 2.05) is 0 Å². The Morgan fingerprint density at radius 3 is 2.73 bits per heavy atom. The normalized spacial score (nSPS) is 12.3. The summed E-state index contributed by atoms with van der Waals surface area (Å²) in [5.41, 5.74) is 0.554. The highest BCUT2D eigenvalue weighted by atomic mass is 79.9. The predicted molar refractivity (Wildman–Crippen MR) is 65.9 cm³/mol. The highest BCUT2D eigenvalue weighted by molar-refractivity contribution is 9.11. The standard InChI is InChI=1S/C10H11Br2NO2/c1-6(14)5-13-10(15)8-3-2-7(11)4-9(8)12/h2-4,6,14H,5H2,1H3,(H,13,15)/t6-/m0/s1. The summed E-state index contributed by atoms with van der Waals surface area (Å²) in [4.78, 5) is 11.6. The molecule has 0 aliphatic carbocycles. The first-order valence-corrected chi connectivity index (χ1v) is 6.00. The van der Waals surface area contributed by atoms with Gasteiger partial charge in [0.1, 0.15) is 0 Å². The summed E-state index contributed by atoms with van der Waals surface area (Å²) >= 11 is 6.61. The number of aliphatic hydroxyl groups is 1. The van der Waals surface area contributed by atoms with Gasteiger partial charge in [0.05, 0.1) is 11.7 Å². The number of halogens is 2. The van der Waals surface area contributed by atoms with Crippen molar-refractivity contribution < 1.29 is 9.90 Å². The zero-order chi connectivity index (χ0) is 11.4.